The summed E-state index contributed by atoms with van der Waals surface area (Å²) in [6.07, 6.45) is 0. The summed E-state index contributed by atoms with van der Waals surface area (Å²) in [7, 11) is 0. The summed E-state index contributed by atoms with van der Waals surface area (Å²) in [5.74, 6) is 0.319. The smallest absolute Gasteiger partial charge is 0.276 e. The van der Waals surface area contributed by atoms with Crippen LogP contribution in [0.15, 0.2) is 48.5 Å². The zero-order chi connectivity index (χ0) is 19.9. The maximum Gasteiger partial charge on any atom is 0.276 e. The number of hydrogen-bond donors (Lipinski definition) is 2. The van der Waals surface area contributed by atoms with Crippen molar-refractivity contribution >= 4 is 11.8 Å². The summed E-state index contributed by atoms with van der Waals surface area (Å²) in [5.41, 5.74) is 6.62. The Bertz CT molecular complexity index is 780. The van der Waals surface area contributed by atoms with E-state index in [0.29, 0.717) is 11.5 Å². The van der Waals surface area contributed by atoms with Gasteiger partial charge in [-0.3, -0.25) is 20.4 Å². The van der Waals surface area contributed by atoms with Crippen molar-refractivity contribution in [2.75, 3.05) is 13.2 Å². The van der Waals surface area contributed by atoms with Gasteiger partial charge in [-0.05, 0) is 36.1 Å². The number of aryl methyl sites for hydroxylation is 1. The van der Waals surface area contributed by atoms with E-state index in [1.165, 1.54) is 0 Å². The first-order valence-corrected chi connectivity index (χ1v) is 8.75. The number of ether oxygens (including phenoxy) is 2. The molecule has 0 saturated heterocycles. The monoisotopic (exact) mass is 370 g/mol. The lowest BCUT2D eigenvalue weighted by Crippen LogP contribution is -2.45. The summed E-state index contributed by atoms with van der Waals surface area (Å²) in [5, 5.41) is 0. The number of hydrogen-bond acceptors (Lipinski definition) is 4. The van der Waals surface area contributed by atoms with Crippen molar-refractivity contribution in [1.29, 1.82) is 0 Å². The van der Waals surface area contributed by atoms with Crippen molar-refractivity contribution in [2.24, 2.45) is 0 Å². The number of carbonyl (C=O) groups excluding carboxylic acids is 2. The van der Waals surface area contributed by atoms with E-state index in [1.54, 1.807) is 12.1 Å². The maximum atomic E-state index is 11.9. The topological polar surface area (TPSA) is 76.7 Å². The molecule has 0 aliphatic heterocycles. The van der Waals surface area contributed by atoms with Gasteiger partial charge in [0.1, 0.15) is 11.5 Å². The highest BCUT2D eigenvalue weighted by Crippen LogP contribution is 2.30. The van der Waals surface area contributed by atoms with Gasteiger partial charge in [0.25, 0.3) is 11.8 Å². The number of amides is 2. The van der Waals surface area contributed by atoms with Crippen molar-refractivity contribution in [3.63, 3.8) is 0 Å². The standard InChI is InChI=1S/C21H26N2O4/c1-15-9-11-16(12-10-15)26-13-19(24)22-23-20(25)14-27-18-8-6-5-7-17(18)21(2,3)4/h5-12H,13-14H2,1-4H3,(H,22,24)(H,23,25). The van der Waals surface area contributed by atoms with Crippen molar-refractivity contribution in [1.82, 2.24) is 10.9 Å². The molecule has 144 valence electrons. The highest BCUT2D eigenvalue weighted by Gasteiger charge is 2.19. The molecule has 0 heterocycles. The number of hydrazine groups is 1. The molecule has 6 nitrogen and oxygen atoms in total. The first-order valence-electron chi connectivity index (χ1n) is 8.75. The van der Waals surface area contributed by atoms with Crippen LogP contribution >= 0.6 is 0 Å². The quantitative estimate of drug-likeness (QED) is 0.767. The van der Waals surface area contributed by atoms with Gasteiger partial charge in [0.15, 0.2) is 13.2 Å². The first kappa shape index (κ1) is 20.3. The molecule has 0 fully saturated rings. The molecule has 2 aromatic carbocycles. The molecule has 0 aliphatic carbocycles. The summed E-state index contributed by atoms with van der Waals surface area (Å²) < 4.78 is 10.9. The van der Waals surface area contributed by atoms with Gasteiger partial charge in [0.2, 0.25) is 0 Å². The molecule has 27 heavy (non-hydrogen) atoms. The van der Waals surface area contributed by atoms with Crippen molar-refractivity contribution in [2.45, 2.75) is 33.1 Å². The van der Waals surface area contributed by atoms with E-state index in [0.717, 1.165) is 11.1 Å². The van der Waals surface area contributed by atoms with Gasteiger partial charge in [0.05, 0.1) is 0 Å². The molecule has 0 spiro atoms. The molecule has 6 heteroatoms. The normalized spacial score (nSPS) is 10.8. The Labute approximate surface area is 159 Å². The molecular formula is C21H26N2O4. The second-order valence-corrected chi connectivity index (χ2v) is 7.23. The third-order valence-corrected chi connectivity index (χ3v) is 3.79. The fourth-order valence-corrected chi connectivity index (χ4v) is 2.35. The largest absolute Gasteiger partial charge is 0.484 e. The molecule has 0 saturated carbocycles. The zero-order valence-electron chi connectivity index (χ0n) is 16.2. The highest BCUT2D eigenvalue weighted by molar-refractivity contribution is 5.83. The molecule has 0 aromatic heterocycles. The highest BCUT2D eigenvalue weighted by atomic mass is 16.5. The number of para-hydroxylation sites is 1. The molecule has 2 aromatic rings. The van der Waals surface area contributed by atoms with Crippen LogP contribution in [0, 0.1) is 6.92 Å². The summed E-state index contributed by atoms with van der Waals surface area (Å²) in [6, 6.07) is 14.9. The Morgan fingerprint density at radius 2 is 1.41 bits per heavy atom. The third kappa shape index (κ3) is 6.66. The fourth-order valence-electron chi connectivity index (χ4n) is 2.35. The lowest BCUT2D eigenvalue weighted by molar-refractivity contribution is -0.131. The molecule has 2 amide bonds. The van der Waals surface area contributed by atoms with Gasteiger partial charge in [-0.1, -0.05) is 56.7 Å². The third-order valence-electron chi connectivity index (χ3n) is 3.79. The Balaban J connectivity index is 1.75. The number of benzene rings is 2. The van der Waals surface area contributed by atoms with Gasteiger partial charge in [-0.2, -0.15) is 0 Å². The van der Waals surface area contributed by atoms with Crippen LogP contribution in [0.2, 0.25) is 0 Å². The number of rotatable bonds is 6. The van der Waals surface area contributed by atoms with Gasteiger partial charge in [-0.15, -0.1) is 0 Å². The van der Waals surface area contributed by atoms with Crippen LogP contribution in [-0.2, 0) is 15.0 Å². The van der Waals surface area contributed by atoms with Crippen molar-refractivity contribution in [3.05, 3.63) is 59.7 Å². The minimum absolute atomic E-state index is 0.103. The van der Waals surface area contributed by atoms with Crippen LogP contribution in [0.25, 0.3) is 0 Å². The Hall–Kier alpha value is -3.02. The molecule has 0 aliphatic rings. The van der Waals surface area contributed by atoms with Gasteiger partial charge < -0.3 is 9.47 Å². The van der Waals surface area contributed by atoms with Gasteiger partial charge in [-0.25, -0.2) is 0 Å². The lowest BCUT2D eigenvalue weighted by Gasteiger charge is -2.22. The van der Waals surface area contributed by atoms with Crippen molar-refractivity contribution in [3.8, 4) is 11.5 Å². The van der Waals surface area contributed by atoms with Gasteiger partial charge >= 0.3 is 0 Å². The number of carbonyl (C=O) groups is 2. The van der Waals surface area contributed by atoms with Crippen molar-refractivity contribution < 1.29 is 19.1 Å². The minimum Gasteiger partial charge on any atom is -0.484 e. The Morgan fingerprint density at radius 1 is 0.852 bits per heavy atom. The second-order valence-electron chi connectivity index (χ2n) is 7.23. The number of nitrogens with one attached hydrogen (secondary N) is 2. The lowest BCUT2D eigenvalue weighted by atomic mass is 9.86. The van der Waals surface area contributed by atoms with Gasteiger partial charge in [0, 0.05) is 0 Å². The Morgan fingerprint density at radius 3 is 2.00 bits per heavy atom. The Kier molecular flexibility index (Phi) is 6.82. The predicted molar refractivity (Wildman–Crippen MR) is 104 cm³/mol. The van der Waals surface area contributed by atoms with E-state index >= 15 is 0 Å². The summed E-state index contributed by atoms with van der Waals surface area (Å²) in [4.78, 5) is 23.7. The van der Waals surface area contributed by atoms with E-state index < -0.39 is 11.8 Å². The van der Waals surface area contributed by atoms with E-state index in [9.17, 15) is 9.59 Å². The molecule has 0 atom stereocenters. The summed E-state index contributed by atoms with van der Waals surface area (Å²) in [6.45, 7) is 7.79. The predicted octanol–water partition coefficient (Wildman–Crippen LogP) is 2.90. The SMILES string of the molecule is Cc1ccc(OCC(=O)NNC(=O)COc2ccccc2C(C)(C)C)cc1. The minimum atomic E-state index is -0.459. The van der Waals surface area contributed by atoms with Crippen LogP contribution in [0.5, 0.6) is 11.5 Å². The van der Waals surface area contributed by atoms with E-state index in [-0.39, 0.29) is 18.6 Å². The molecular weight excluding hydrogens is 344 g/mol. The molecule has 0 bridgehead atoms. The fraction of sp³-hybridized carbons (Fsp3) is 0.333. The van der Waals surface area contributed by atoms with Crippen LogP contribution in [0.3, 0.4) is 0 Å². The molecule has 0 radical (unpaired) electrons. The summed E-state index contributed by atoms with van der Waals surface area (Å²) >= 11 is 0. The van der Waals surface area contributed by atoms with E-state index in [1.807, 2.05) is 43.3 Å². The zero-order valence-corrected chi connectivity index (χ0v) is 16.2. The first-order chi connectivity index (χ1) is 12.8. The van der Waals surface area contributed by atoms with E-state index in [4.69, 9.17) is 9.47 Å². The van der Waals surface area contributed by atoms with Crippen LogP contribution in [0.4, 0.5) is 0 Å². The average Bonchev–Trinajstić information content (AvgIpc) is 2.63. The average molecular weight is 370 g/mol. The van der Waals surface area contributed by atoms with Crippen LogP contribution in [0.1, 0.15) is 31.9 Å². The molecule has 2 N–H and O–H groups in total. The van der Waals surface area contributed by atoms with Crippen LogP contribution in [-0.4, -0.2) is 25.0 Å². The molecule has 2 rings (SSSR count). The second kappa shape index (κ2) is 9.07. The molecule has 0 unspecified atom stereocenters. The maximum absolute atomic E-state index is 11.9. The van der Waals surface area contributed by atoms with E-state index in [2.05, 4.69) is 31.6 Å². The van der Waals surface area contributed by atoms with Crippen LogP contribution < -0.4 is 20.3 Å².